The zero-order chi connectivity index (χ0) is 10.6. The molecule has 14 heavy (non-hydrogen) atoms. The van der Waals surface area contributed by atoms with E-state index in [2.05, 4.69) is 4.98 Å². The van der Waals surface area contributed by atoms with Crippen LogP contribution in [0, 0.1) is 0 Å². The molecule has 1 heterocycles. The molecule has 0 spiro atoms. The minimum Gasteiger partial charge on any atom is -0.395 e. The largest absolute Gasteiger partial charge is 0.395 e. The number of rotatable bonds is 5. The van der Waals surface area contributed by atoms with Crippen LogP contribution in [-0.4, -0.2) is 42.2 Å². The van der Waals surface area contributed by atoms with Gasteiger partial charge in [-0.3, -0.25) is 0 Å². The lowest BCUT2D eigenvalue weighted by molar-refractivity contribution is 0.315. The summed E-state index contributed by atoms with van der Waals surface area (Å²) in [7, 11) is -1.86. The van der Waals surface area contributed by atoms with Crippen LogP contribution in [0.5, 0.6) is 0 Å². The van der Waals surface area contributed by atoms with Crippen molar-refractivity contribution >= 4 is 21.4 Å². The molecule has 0 atom stereocenters. The molecule has 80 valence electrons. The highest BCUT2D eigenvalue weighted by molar-refractivity contribution is 7.89. The summed E-state index contributed by atoms with van der Waals surface area (Å²) < 4.78 is 24.0. The van der Waals surface area contributed by atoms with Gasteiger partial charge < -0.3 is 5.11 Å². The van der Waals surface area contributed by atoms with Crippen LogP contribution in [0.1, 0.15) is 5.69 Å². The summed E-state index contributed by atoms with van der Waals surface area (Å²) in [6.45, 7) is -0.102. The van der Waals surface area contributed by atoms with Crippen molar-refractivity contribution in [3.8, 4) is 0 Å². The third-order valence-corrected chi connectivity index (χ3v) is 4.10. The summed E-state index contributed by atoms with van der Waals surface area (Å²) in [6.07, 6.45) is 0. The van der Waals surface area contributed by atoms with E-state index >= 15 is 0 Å². The molecule has 0 bridgehead atoms. The molecule has 0 aromatic carbocycles. The monoisotopic (exact) mass is 236 g/mol. The fourth-order valence-corrected chi connectivity index (χ4v) is 2.33. The average molecular weight is 236 g/mol. The topological polar surface area (TPSA) is 70.5 Å². The van der Waals surface area contributed by atoms with Crippen molar-refractivity contribution in [2.45, 2.75) is 6.54 Å². The van der Waals surface area contributed by atoms with Gasteiger partial charge in [-0.1, -0.05) is 0 Å². The Hall–Kier alpha value is -0.500. The second-order valence-electron chi connectivity index (χ2n) is 2.78. The van der Waals surface area contributed by atoms with Gasteiger partial charge in [0.2, 0.25) is 10.0 Å². The summed E-state index contributed by atoms with van der Waals surface area (Å²) in [5.41, 5.74) is 2.38. The Morgan fingerprint density at radius 3 is 2.86 bits per heavy atom. The van der Waals surface area contributed by atoms with Gasteiger partial charge in [0.1, 0.15) is 0 Å². The summed E-state index contributed by atoms with van der Waals surface area (Å²) in [4.78, 5) is 3.98. The number of aliphatic hydroxyl groups is 1. The molecular weight excluding hydrogens is 224 g/mol. The van der Waals surface area contributed by atoms with Crippen LogP contribution in [0.15, 0.2) is 10.9 Å². The van der Waals surface area contributed by atoms with E-state index < -0.39 is 10.0 Å². The van der Waals surface area contributed by atoms with Crippen LogP contribution in [0.3, 0.4) is 0 Å². The molecule has 5 nitrogen and oxygen atoms in total. The van der Waals surface area contributed by atoms with Crippen molar-refractivity contribution < 1.29 is 13.5 Å². The van der Waals surface area contributed by atoms with Crippen LogP contribution >= 0.6 is 11.3 Å². The van der Waals surface area contributed by atoms with Crippen molar-refractivity contribution in [2.24, 2.45) is 0 Å². The zero-order valence-corrected chi connectivity index (χ0v) is 9.38. The summed E-state index contributed by atoms with van der Waals surface area (Å²) in [5, 5.41) is 10.4. The number of sulfonamides is 1. The van der Waals surface area contributed by atoms with E-state index in [-0.39, 0.29) is 18.9 Å². The fraction of sp³-hybridized carbons (Fsp3) is 0.571. The molecule has 1 aromatic heterocycles. The second-order valence-corrected chi connectivity index (χ2v) is 5.69. The lowest BCUT2D eigenvalue weighted by Gasteiger charge is -2.14. The molecule has 0 radical (unpaired) electrons. The SMILES string of the molecule is CN(Cc1cscn1)S(=O)(=O)CCO. The number of aromatic nitrogens is 1. The van der Waals surface area contributed by atoms with Gasteiger partial charge >= 0.3 is 0 Å². The van der Waals surface area contributed by atoms with Gasteiger partial charge in [0.15, 0.2) is 0 Å². The summed E-state index contributed by atoms with van der Waals surface area (Å²) >= 11 is 1.42. The Bertz CT molecular complexity index is 360. The van der Waals surface area contributed by atoms with Gasteiger partial charge in [-0.2, -0.15) is 4.31 Å². The van der Waals surface area contributed by atoms with Gasteiger partial charge in [-0.15, -0.1) is 11.3 Å². The molecule has 0 saturated heterocycles. The number of thiazole rings is 1. The quantitative estimate of drug-likeness (QED) is 0.775. The van der Waals surface area contributed by atoms with Crippen molar-refractivity contribution in [2.75, 3.05) is 19.4 Å². The first-order chi connectivity index (χ1) is 6.56. The van der Waals surface area contributed by atoms with E-state index in [1.807, 2.05) is 0 Å². The maximum absolute atomic E-state index is 11.4. The van der Waals surface area contributed by atoms with Crippen molar-refractivity contribution in [3.05, 3.63) is 16.6 Å². The predicted octanol–water partition coefficient (Wildman–Crippen LogP) is -0.103. The number of nitrogens with zero attached hydrogens (tertiary/aromatic N) is 2. The molecular formula is C7H12N2O3S2. The first-order valence-corrected chi connectivity index (χ1v) is 6.53. The average Bonchev–Trinajstić information content (AvgIpc) is 2.56. The minimum atomic E-state index is -3.34. The third-order valence-electron chi connectivity index (χ3n) is 1.69. The summed E-state index contributed by atoms with van der Waals surface area (Å²) in [5.74, 6) is -0.242. The van der Waals surface area contributed by atoms with E-state index in [0.717, 1.165) is 5.69 Å². The second kappa shape index (κ2) is 4.83. The number of aliphatic hydroxyl groups excluding tert-OH is 1. The Labute approximate surface area is 87.1 Å². The Balaban J connectivity index is 2.62. The number of hydrogen-bond donors (Lipinski definition) is 1. The normalized spacial score (nSPS) is 12.2. The Morgan fingerprint density at radius 2 is 2.36 bits per heavy atom. The molecule has 0 aliphatic heterocycles. The van der Waals surface area contributed by atoms with Gasteiger partial charge in [0.05, 0.1) is 30.1 Å². The molecule has 1 N–H and O–H groups in total. The van der Waals surface area contributed by atoms with E-state index in [1.165, 1.54) is 22.7 Å². The van der Waals surface area contributed by atoms with E-state index in [4.69, 9.17) is 5.11 Å². The van der Waals surface area contributed by atoms with Crippen LogP contribution in [0.4, 0.5) is 0 Å². The molecule has 0 aliphatic carbocycles. The van der Waals surface area contributed by atoms with E-state index in [0.29, 0.717) is 0 Å². The van der Waals surface area contributed by atoms with Gasteiger partial charge in [-0.25, -0.2) is 13.4 Å². The molecule has 0 aliphatic rings. The Morgan fingerprint density at radius 1 is 1.64 bits per heavy atom. The van der Waals surface area contributed by atoms with Crippen molar-refractivity contribution in [1.82, 2.24) is 9.29 Å². The summed E-state index contributed by atoms with van der Waals surface area (Å²) in [6, 6.07) is 0. The maximum atomic E-state index is 11.4. The molecule has 0 unspecified atom stereocenters. The highest BCUT2D eigenvalue weighted by Crippen LogP contribution is 2.07. The highest BCUT2D eigenvalue weighted by atomic mass is 32.2. The predicted molar refractivity (Wildman–Crippen MR) is 54.5 cm³/mol. The molecule has 1 aromatic rings. The van der Waals surface area contributed by atoms with Crippen molar-refractivity contribution in [1.29, 1.82) is 0 Å². The molecule has 1 rings (SSSR count). The smallest absolute Gasteiger partial charge is 0.216 e. The van der Waals surface area contributed by atoms with Gasteiger partial charge in [-0.05, 0) is 0 Å². The van der Waals surface area contributed by atoms with Crippen LogP contribution in [0.2, 0.25) is 0 Å². The molecule has 0 fully saturated rings. The van der Waals surface area contributed by atoms with Crippen LogP contribution < -0.4 is 0 Å². The van der Waals surface area contributed by atoms with E-state index in [9.17, 15) is 8.42 Å². The van der Waals surface area contributed by atoms with E-state index in [1.54, 1.807) is 10.9 Å². The zero-order valence-electron chi connectivity index (χ0n) is 7.75. The maximum Gasteiger partial charge on any atom is 0.216 e. The van der Waals surface area contributed by atoms with Crippen LogP contribution in [0.25, 0.3) is 0 Å². The fourth-order valence-electron chi connectivity index (χ4n) is 0.913. The Kier molecular flexibility index (Phi) is 3.99. The van der Waals surface area contributed by atoms with Crippen LogP contribution in [-0.2, 0) is 16.6 Å². The van der Waals surface area contributed by atoms with Gasteiger partial charge in [0.25, 0.3) is 0 Å². The molecule has 0 amide bonds. The third kappa shape index (κ3) is 3.02. The lowest BCUT2D eigenvalue weighted by atomic mass is 10.5. The lowest BCUT2D eigenvalue weighted by Crippen LogP contribution is -2.30. The highest BCUT2D eigenvalue weighted by Gasteiger charge is 2.17. The first-order valence-electron chi connectivity index (χ1n) is 3.98. The number of hydrogen-bond acceptors (Lipinski definition) is 5. The standard InChI is InChI=1S/C7H12N2O3S2/c1-9(14(11,12)3-2-10)4-7-5-13-6-8-7/h5-6,10H,2-4H2,1H3. The molecule has 0 saturated carbocycles. The minimum absolute atomic E-state index is 0.242. The van der Waals surface area contributed by atoms with Crippen molar-refractivity contribution in [3.63, 3.8) is 0 Å². The first kappa shape index (κ1) is 11.6. The van der Waals surface area contributed by atoms with Gasteiger partial charge in [0, 0.05) is 12.4 Å². The molecule has 7 heteroatoms.